The Balaban J connectivity index is 2.88. The second-order valence-corrected chi connectivity index (χ2v) is 7.47. The van der Waals surface area contributed by atoms with Crippen molar-refractivity contribution >= 4 is 23.5 Å². The first-order valence-electron chi connectivity index (χ1n) is 8.20. The van der Waals surface area contributed by atoms with E-state index in [-0.39, 0.29) is 0 Å². The molecule has 0 unspecified atom stereocenters. The van der Waals surface area contributed by atoms with Crippen LogP contribution in [0.1, 0.15) is 65.2 Å². The third-order valence-corrected chi connectivity index (χ3v) is 5.17. The maximum absolute atomic E-state index is 4.60. The fraction of sp³-hybridized carbons (Fsp3) is 1.00. The molecule has 0 N–H and O–H groups in total. The summed E-state index contributed by atoms with van der Waals surface area (Å²) in [7, 11) is 0. The van der Waals surface area contributed by atoms with E-state index in [0.717, 1.165) is 13.1 Å². The highest BCUT2D eigenvalue weighted by Gasteiger charge is 1.94. The van der Waals surface area contributed by atoms with Crippen molar-refractivity contribution in [3.63, 3.8) is 0 Å². The normalized spacial score (nSPS) is 11.1. The Morgan fingerprint density at radius 2 is 1.05 bits per heavy atom. The van der Waals surface area contributed by atoms with Gasteiger partial charge in [0.1, 0.15) is 0 Å². The van der Waals surface area contributed by atoms with E-state index in [9.17, 15) is 0 Å². The fourth-order valence-corrected chi connectivity index (χ4v) is 3.58. The largest absolute Gasteiger partial charge is 0.240 e. The van der Waals surface area contributed by atoms with Crippen molar-refractivity contribution < 1.29 is 0 Å². The van der Waals surface area contributed by atoms with Gasteiger partial charge in [0.25, 0.3) is 0 Å². The van der Waals surface area contributed by atoms with Crippen LogP contribution >= 0.6 is 23.5 Å². The summed E-state index contributed by atoms with van der Waals surface area (Å²) in [5.41, 5.74) is 0. The second kappa shape index (κ2) is 18.7. The van der Waals surface area contributed by atoms with Crippen LogP contribution in [0.3, 0.4) is 0 Å². The smallest absolute Gasteiger partial charge is 0.0224 e. The predicted molar refractivity (Wildman–Crippen MR) is 94.8 cm³/mol. The Kier molecular flexibility index (Phi) is 19.3. The molecule has 0 bridgehead atoms. The van der Waals surface area contributed by atoms with Gasteiger partial charge in [-0.25, -0.2) is 5.32 Å². The van der Waals surface area contributed by atoms with Gasteiger partial charge in [-0.05, 0) is 24.3 Å². The average molecular weight is 305 g/mol. The van der Waals surface area contributed by atoms with Crippen molar-refractivity contribution in [1.29, 1.82) is 0 Å². The predicted octanol–water partition coefficient (Wildman–Crippen LogP) is 5.22. The minimum Gasteiger partial charge on any atom is -0.240 e. The molecule has 0 heterocycles. The molecule has 0 aliphatic heterocycles. The van der Waals surface area contributed by atoms with Crippen LogP contribution in [0.15, 0.2) is 0 Å². The number of nitrogens with zero attached hydrogens (tertiary/aromatic N) is 1. The number of rotatable bonds is 16. The lowest BCUT2D eigenvalue weighted by Crippen LogP contribution is -2.12. The molecular weight excluding hydrogens is 270 g/mol. The zero-order chi connectivity index (χ0) is 14.0. The van der Waals surface area contributed by atoms with Crippen LogP contribution in [-0.4, -0.2) is 36.1 Å². The lowest BCUT2D eigenvalue weighted by Gasteiger charge is -2.03. The standard InChI is InChI=1S/C16H34NS2/c1-3-5-7-9-13-18-15-11-17-12-16-19-14-10-8-6-4-2/h3-16H2,1-2H3. The second-order valence-electron chi connectivity index (χ2n) is 5.02. The molecule has 115 valence electrons. The van der Waals surface area contributed by atoms with Gasteiger partial charge < -0.3 is 0 Å². The summed E-state index contributed by atoms with van der Waals surface area (Å²) in [6.45, 7) is 6.67. The summed E-state index contributed by atoms with van der Waals surface area (Å²) in [5, 5.41) is 4.60. The van der Waals surface area contributed by atoms with Gasteiger partial charge in [0.15, 0.2) is 0 Å². The quantitative estimate of drug-likeness (QED) is 0.363. The lowest BCUT2D eigenvalue weighted by atomic mass is 10.2. The van der Waals surface area contributed by atoms with Crippen molar-refractivity contribution in [1.82, 2.24) is 5.32 Å². The van der Waals surface area contributed by atoms with Crippen molar-refractivity contribution in [3.8, 4) is 0 Å². The molecule has 0 rings (SSSR count). The van der Waals surface area contributed by atoms with Crippen LogP contribution in [0.5, 0.6) is 0 Å². The molecule has 0 spiro atoms. The number of thioether (sulfide) groups is 2. The van der Waals surface area contributed by atoms with E-state index in [1.807, 2.05) is 0 Å². The Morgan fingerprint density at radius 1 is 0.579 bits per heavy atom. The first-order chi connectivity index (χ1) is 9.41. The molecule has 0 aromatic carbocycles. The topological polar surface area (TPSA) is 14.1 Å². The van der Waals surface area contributed by atoms with Crippen molar-refractivity contribution in [2.24, 2.45) is 0 Å². The highest BCUT2D eigenvalue weighted by molar-refractivity contribution is 7.99. The first-order valence-corrected chi connectivity index (χ1v) is 10.5. The van der Waals surface area contributed by atoms with E-state index in [0.29, 0.717) is 0 Å². The zero-order valence-corrected chi connectivity index (χ0v) is 14.8. The Bertz CT molecular complexity index is 138. The summed E-state index contributed by atoms with van der Waals surface area (Å²) in [6, 6.07) is 0. The highest BCUT2D eigenvalue weighted by Crippen LogP contribution is 2.08. The minimum atomic E-state index is 1.06. The fourth-order valence-electron chi connectivity index (χ4n) is 1.84. The number of unbranched alkanes of at least 4 members (excludes halogenated alkanes) is 6. The van der Waals surface area contributed by atoms with E-state index < -0.39 is 0 Å². The minimum absolute atomic E-state index is 1.06. The van der Waals surface area contributed by atoms with Crippen LogP contribution in [0.4, 0.5) is 0 Å². The van der Waals surface area contributed by atoms with Crippen LogP contribution in [-0.2, 0) is 0 Å². The summed E-state index contributed by atoms with van der Waals surface area (Å²) in [6.07, 6.45) is 11.1. The Labute approximate surface area is 130 Å². The van der Waals surface area contributed by atoms with Crippen molar-refractivity contribution in [2.75, 3.05) is 36.1 Å². The third-order valence-electron chi connectivity index (χ3n) is 3.07. The summed E-state index contributed by atoms with van der Waals surface area (Å²) >= 11 is 4.16. The highest BCUT2D eigenvalue weighted by atomic mass is 32.2. The Hall–Kier alpha value is 0.660. The molecular formula is C16H34NS2. The number of hydrogen-bond donors (Lipinski definition) is 0. The Morgan fingerprint density at radius 3 is 1.47 bits per heavy atom. The summed E-state index contributed by atoms with van der Waals surface area (Å²) in [4.78, 5) is 0. The molecule has 0 aliphatic carbocycles. The van der Waals surface area contributed by atoms with E-state index in [1.165, 1.54) is 74.4 Å². The van der Waals surface area contributed by atoms with E-state index in [4.69, 9.17) is 0 Å². The SMILES string of the molecule is CCCCCCSCC[N]CCSCCCCCC. The van der Waals surface area contributed by atoms with E-state index >= 15 is 0 Å². The molecule has 3 heteroatoms. The molecule has 0 aromatic heterocycles. The van der Waals surface area contributed by atoms with Gasteiger partial charge in [-0.2, -0.15) is 23.5 Å². The third kappa shape index (κ3) is 18.7. The van der Waals surface area contributed by atoms with Crippen molar-refractivity contribution in [3.05, 3.63) is 0 Å². The lowest BCUT2D eigenvalue weighted by molar-refractivity contribution is 0.704. The molecule has 19 heavy (non-hydrogen) atoms. The van der Waals surface area contributed by atoms with Crippen LogP contribution in [0, 0.1) is 0 Å². The van der Waals surface area contributed by atoms with Crippen molar-refractivity contribution in [2.45, 2.75) is 65.2 Å². The van der Waals surface area contributed by atoms with Crippen LogP contribution < -0.4 is 5.32 Å². The molecule has 1 nitrogen and oxygen atoms in total. The average Bonchev–Trinajstić information content (AvgIpc) is 2.43. The molecule has 0 amide bonds. The molecule has 0 atom stereocenters. The van der Waals surface area contributed by atoms with Crippen LogP contribution in [0.2, 0.25) is 0 Å². The first kappa shape index (κ1) is 19.7. The maximum atomic E-state index is 4.60. The van der Waals surface area contributed by atoms with Gasteiger partial charge >= 0.3 is 0 Å². The summed E-state index contributed by atoms with van der Waals surface area (Å²) in [5.74, 6) is 5.13. The van der Waals surface area contributed by atoms with Crippen LogP contribution in [0.25, 0.3) is 0 Å². The molecule has 0 aromatic rings. The van der Waals surface area contributed by atoms with Gasteiger partial charge in [0.05, 0.1) is 0 Å². The van der Waals surface area contributed by atoms with Gasteiger partial charge in [-0.15, -0.1) is 0 Å². The zero-order valence-electron chi connectivity index (χ0n) is 13.2. The van der Waals surface area contributed by atoms with Gasteiger partial charge in [-0.3, -0.25) is 0 Å². The van der Waals surface area contributed by atoms with Gasteiger partial charge in [0.2, 0.25) is 0 Å². The van der Waals surface area contributed by atoms with Gasteiger partial charge in [-0.1, -0.05) is 52.4 Å². The summed E-state index contributed by atoms with van der Waals surface area (Å²) < 4.78 is 0. The molecule has 0 aliphatic rings. The monoisotopic (exact) mass is 304 g/mol. The number of hydrogen-bond acceptors (Lipinski definition) is 2. The van der Waals surface area contributed by atoms with Gasteiger partial charge in [0, 0.05) is 24.6 Å². The van der Waals surface area contributed by atoms with E-state index in [2.05, 4.69) is 42.7 Å². The molecule has 0 fully saturated rings. The van der Waals surface area contributed by atoms with E-state index in [1.54, 1.807) is 0 Å². The molecule has 0 saturated heterocycles. The molecule has 1 radical (unpaired) electrons. The molecule has 0 saturated carbocycles. The maximum Gasteiger partial charge on any atom is 0.0224 e.